The summed E-state index contributed by atoms with van der Waals surface area (Å²) in [6.45, 7) is 12.4. The van der Waals surface area contributed by atoms with Gasteiger partial charge in [0.2, 0.25) is 5.91 Å². The number of methoxy groups -OCH3 is 1. The van der Waals surface area contributed by atoms with Gasteiger partial charge in [-0.05, 0) is 75.9 Å². The highest BCUT2D eigenvalue weighted by Gasteiger charge is 2.28. The van der Waals surface area contributed by atoms with Crippen LogP contribution in [0.3, 0.4) is 0 Å². The minimum atomic E-state index is -0.0942. The van der Waals surface area contributed by atoms with Crippen LogP contribution in [0.25, 0.3) is 0 Å². The lowest BCUT2D eigenvalue weighted by molar-refractivity contribution is -0.114. The van der Waals surface area contributed by atoms with Crippen LogP contribution in [0.2, 0.25) is 0 Å². The van der Waals surface area contributed by atoms with Crippen LogP contribution in [0.1, 0.15) is 37.1 Å². The summed E-state index contributed by atoms with van der Waals surface area (Å²) in [6.07, 6.45) is 2.04. The molecule has 3 N–H and O–H groups in total. The second-order valence-corrected chi connectivity index (χ2v) is 11.9. The van der Waals surface area contributed by atoms with Crippen molar-refractivity contribution in [2.75, 3.05) is 77.1 Å². The molecule has 0 aliphatic carbocycles. The molecule has 2 fully saturated rings. The number of H-pyrrole nitrogens is 1. The molecule has 12 heteroatoms. The molecule has 0 spiro atoms. The minimum Gasteiger partial charge on any atom is -0.491 e. The zero-order chi connectivity index (χ0) is 28.8. The number of ether oxygens (including phenoxy) is 1. The largest absolute Gasteiger partial charge is 0.491 e. The number of nitrogens with one attached hydrogen (secondary N) is 3. The molecule has 1 aromatic carbocycles. The predicted octanol–water partition coefficient (Wildman–Crippen LogP) is 3.80. The fourth-order valence-electron chi connectivity index (χ4n) is 5.36. The summed E-state index contributed by atoms with van der Waals surface area (Å²) in [7, 11) is 3.88. The molecule has 2 aliphatic rings. The van der Waals surface area contributed by atoms with Gasteiger partial charge in [0.1, 0.15) is 0 Å². The van der Waals surface area contributed by atoms with E-state index in [-0.39, 0.29) is 11.8 Å². The number of hydrogen-bond donors (Lipinski definition) is 3. The van der Waals surface area contributed by atoms with Crippen molar-refractivity contribution in [1.82, 2.24) is 34.9 Å². The molecule has 2 aliphatic heterocycles. The third-order valence-electron chi connectivity index (χ3n) is 7.71. The Morgan fingerprint density at radius 1 is 1.05 bits per heavy atom. The topological polar surface area (TPSA) is 115 Å². The van der Waals surface area contributed by atoms with Crippen molar-refractivity contribution in [3.63, 3.8) is 0 Å². The lowest BCUT2D eigenvalue weighted by atomic mass is 9.92. The molecule has 220 valence electrons. The first-order valence-electron chi connectivity index (χ1n) is 14.3. The van der Waals surface area contributed by atoms with Gasteiger partial charge in [-0.2, -0.15) is 5.10 Å². The molecule has 0 unspecified atom stereocenters. The van der Waals surface area contributed by atoms with Crippen LogP contribution < -0.4 is 15.4 Å². The Labute approximate surface area is 246 Å². The molecule has 4 heterocycles. The molecule has 0 bridgehead atoms. The first-order chi connectivity index (χ1) is 19.9. The van der Waals surface area contributed by atoms with Gasteiger partial charge in [0.05, 0.1) is 12.8 Å². The van der Waals surface area contributed by atoms with Crippen LogP contribution in [-0.2, 0) is 4.79 Å². The third kappa shape index (κ3) is 7.97. The van der Waals surface area contributed by atoms with E-state index in [4.69, 9.17) is 14.7 Å². The number of amides is 1. The predicted molar refractivity (Wildman–Crippen MR) is 162 cm³/mol. The smallest absolute Gasteiger partial charge is 0.221 e. The third-order valence-corrected chi connectivity index (χ3v) is 8.59. The zero-order valence-corrected chi connectivity index (χ0v) is 25.3. The summed E-state index contributed by atoms with van der Waals surface area (Å²) in [4.78, 5) is 29.8. The number of anilines is 3. The monoisotopic (exact) mass is 579 g/mol. The molecular formula is C29H41N9O2S. The molecule has 2 aromatic heterocycles. The van der Waals surface area contributed by atoms with Crippen molar-refractivity contribution >= 4 is 35.0 Å². The first-order valence-corrected chi connectivity index (χ1v) is 15.1. The number of piperidine rings is 1. The number of rotatable bonds is 10. The van der Waals surface area contributed by atoms with Gasteiger partial charge in [0.15, 0.2) is 22.5 Å². The second kappa shape index (κ2) is 13.6. The Balaban J connectivity index is 1.32. The van der Waals surface area contributed by atoms with Gasteiger partial charge in [-0.3, -0.25) is 14.8 Å². The Morgan fingerprint density at radius 3 is 2.34 bits per heavy atom. The van der Waals surface area contributed by atoms with E-state index in [0.29, 0.717) is 22.5 Å². The number of carbonyl (C=O) groups is 1. The lowest BCUT2D eigenvalue weighted by Gasteiger charge is -2.36. The van der Waals surface area contributed by atoms with Crippen molar-refractivity contribution in [1.29, 1.82) is 0 Å². The molecule has 0 radical (unpaired) electrons. The summed E-state index contributed by atoms with van der Waals surface area (Å²) in [5.74, 6) is 2.14. The maximum Gasteiger partial charge on any atom is 0.221 e. The van der Waals surface area contributed by atoms with E-state index < -0.39 is 0 Å². The van der Waals surface area contributed by atoms with E-state index in [0.717, 1.165) is 87.2 Å². The Bertz CT molecular complexity index is 1300. The highest BCUT2D eigenvalue weighted by atomic mass is 32.2. The van der Waals surface area contributed by atoms with Crippen LogP contribution in [0, 0.1) is 6.92 Å². The van der Waals surface area contributed by atoms with Gasteiger partial charge in [-0.1, -0.05) is 0 Å². The van der Waals surface area contributed by atoms with Crippen LogP contribution in [0.15, 0.2) is 40.4 Å². The van der Waals surface area contributed by atoms with Crippen LogP contribution in [0.5, 0.6) is 5.75 Å². The highest BCUT2D eigenvalue weighted by molar-refractivity contribution is 7.99. The quantitative estimate of drug-likeness (QED) is 0.307. The van der Waals surface area contributed by atoms with E-state index in [2.05, 4.69) is 42.6 Å². The summed E-state index contributed by atoms with van der Waals surface area (Å²) in [5.41, 5.74) is 2.65. The maximum atomic E-state index is 11.4. The molecule has 5 rings (SSSR count). The Kier molecular flexibility index (Phi) is 9.76. The van der Waals surface area contributed by atoms with Gasteiger partial charge >= 0.3 is 0 Å². The number of likely N-dealkylation sites (tertiary alicyclic amines) is 1. The molecule has 11 nitrogen and oxygen atoms in total. The number of nitrogens with zero attached hydrogens (tertiary/aromatic N) is 6. The average molecular weight is 580 g/mol. The molecule has 0 atom stereocenters. The Morgan fingerprint density at radius 2 is 1.73 bits per heavy atom. The number of benzene rings is 1. The molecule has 3 aromatic rings. The number of aromatic amines is 1. The average Bonchev–Trinajstić information content (AvgIpc) is 3.38. The fourth-order valence-corrected chi connectivity index (χ4v) is 6.12. The van der Waals surface area contributed by atoms with Gasteiger partial charge in [0, 0.05) is 74.5 Å². The highest BCUT2D eigenvalue weighted by Crippen LogP contribution is 2.40. The molecule has 0 saturated carbocycles. The van der Waals surface area contributed by atoms with E-state index in [1.54, 1.807) is 7.11 Å². The van der Waals surface area contributed by atoms with Crippen LogP contribution >= 0.6 is 11.8 Å². The van der Waals surface area contributed by atoms with Gasteiger partial charge in [-0.15, -0.1) is 0 Å². The van der Waals surface area contributed by atoms with Crippen molar-refractivity contribution in [2.24, 2.45) is 0 Å². The summed E-state index contributed by atoms with van der Waals surface area (Å²) in [6, 6.07) is 9.64. The Hall–Kier alpha value is -3.19. The summed E-state index contributed by atoms with van der Waals surface area (Å²) in [5, 5.41) is 14.1. The van der Waals surface area contributed by atoms with E-state index >= 15 is 0 Å². The van der Waals surface area contributed by atoms with Crippen LogP contribution in [0.4, 0.5) is 17.3 Å². The van der Waals surface area contributed by atoms with Crippen molar-refractivity contribution in [3.05, 3.63) is 41.7 Å². The lowest BCUT2D eigenvalue weighted by Crippen LogP contribution is -2.47. The van der Waals surface area contributed by atoms with Gasteiger partial charge in [0.25, 0.3) is 0 Å². The zero-order valence-electron chi connectivity index (χ0n) is 24.4. The second-order valence-electron chi connectivity index (χ2n) is 10.9. The SMILES string of the molecule is COc1c(Nc2cc(C)[nH]n2)nc(Sc2ccc(NC(C)=O)cc2)nc1C1CCN(CCN2CCN(C)CC2)CC1. The standard InChI is InChI=1S/C29H41N9O2S/c1-20-19-25(35-34-20)31-28-27(40-4)26(32-29(33-28)41-24-7-5-23(6-8-24)30-21(2)39)22-9-11-37(12-10-22)17-18-38-15-13-36(3)14-16-38/h5-8,19,22H,9-18H2,1-4H3,(H,30,39)(H2,31,32,33,34,35). The number of hydrogen-bond acceptors (Lipinski definition) is 10. The van der Waals surface area contributed by atoms with E-state index in [1.807, 2.05) is 37.3 Å². The number of aryl methyl sites for hydroxylation is 1. The number of aromatic nitrogens is 4. The fraction of sp³-hybridized carbons (Fsp3) is 0.517. The number of carbonyl (C=O) groups excluding carboxylic acids is 1. The molecule has 1 amide bonds. The maximum absolute atomic E-state index is 11.4. The number of likely N-dealkylation sites (N-methyl/N-ethyl adjacent to an activating group) is 1. The van der Waals surface area contributed by atoms with E-state index in [1.165, 1.54) is 18.7 Å². The van der Waals surface area contributed by atoms with Gasteiger partial charge < -0.3 is 25.2 Å². The van der Waals surface area contributed by atoms with Gasteiger partial charge in [-0.25, -0.2) is 9.97 Å². The number of piperazine rings is 1. The van der Waals surface area contributed by atoms with Crippen molar-refractivity contribution in [2.45, 2.75) is 42.7 Å². The minimum absolute atomic E-state index is 0.0942. The summed E-state index contributed by atoms with van der Waals surface area (Å²) >= 11 is 1.49. The first kappa shape index (κ1) is 29.3. The molecule has 2 saturated heterocycles. The normalized spacial score (nSPS) is 17.5. The summed E-state index contributed by atoms with van der Waals surface area (Å²) < 4.78 is 5.93. The molecule has 41 heavy (non-hydrogen) atoms. The van der Waals surface area contributed by atoms with Crippen LogP contribution in [-0.4, -0.2) is 107 Å². The van der Waals surface area contributed by atoms with Crippen molar-refractivity contribution < 1.29 is 9.53 Å². The van der Waals surface area contributed by atoms with Crippen molar-refractivity contribution in [3.8, 4) is 5.75 Å². The molecular weight excluding hydrogens is 538 g/mol. The van der Waals surface area contributed by atoms with E-state index in [9.17, 15) is 4.79 Å².